The van der Waals surface area contributed by atoms with Crippen LogP contribution < -0.4 is 0 Å². The maximum absolute atomic E-state index is 2.40. The van der Waals surface area contributed by atoms with E-state index in [1.165, 1.54) is 111 Å². The Hall–Kier alpha value is -15.1. The van der Waals surface area contributed by atoms with E-state index >= 15 is 0 Å². The molecule has 0 N–H and O–H groups in total. The summed E-state index contributed by atoms with van der Waals surface area (Å²) < 4.78 is 0. The van der Waals surface area contributed by atoms with Crippen LogP contribution in [0.3, 0.4) is 0 Å². The van der Waals surface area contributed by atoms with Gasteiger partial charge in [-0.1, -0.05) is 461 Å². The van der Waals surface area contributed by atoms with Crippen LogP contribution in [0.25, 0.3) is 100 Å². The van der Waals surface area contributed by atoms with Gasteiger partial charge in [0.25, 0.3) is 0 Å². The minimum Gasteiger partial charge on any atom is -0.0622 e. The van der Waals surface area contributed by atoms with Crippen LogP contribution in [-0.2, 0) is 0 Å². The molecule has 582 valence electrons. The molecule has 0 spiro atoms. The van der Waals surface area contributed by atoms with Gasteiger partial charge in [0.1, 0.15) is 0 Å². The Morgan fingerprint density at radius 2 is 0.189 bits per heavy atom. The molecule has 18 rings (SSSR count). The monoisotopic (exact) mass is 1560 g/mol. The van der Waals surface area contributed by atoms with E-state index in [4.69, 9.17) is 0 Å². The summed E-state index contributed by atoms with van der Waals surface area (Å²) in [5, 5.41) is 0. The zero-order chi connectivity index (χ0) is 82.8. The second kappa shape index (κ2) is 35.6. The van der Waals surface area contributed by atoms with E-state index in [0.717, 1.165) is 111 Å². The first-order valence-electron chi connectivity index (χ1n) is 42.5. The predicted octanol–water partition coefficient (Wildman–Crippen LogP) is 31.9. The first-order valence-corrected chi connectivity index (χ1v) is 42.5. The summed E-state index contributed by atoms with van der Waals surface area (Å²) >= 11 is 0. The highest BCUT2D eigenvalue weighted by Gasteiger charge is 2.30. The van der Waals surface area contributed by atoms with Crippen LogP contribution in [-0.4, -0.2) is 0 Å². The van der Waals surface area contributed by atoms with Gasteiger partial charge in [-0.05, 0) is 264 Å². The van der Waals surface area contributed by atoms with Crippen molar-refractivity contribution in [1.29, 1.82) is 0 Å². The molecule has 18 aromatic carbocycles. The summed E-state index contributed by atoms with van der Waals surface area (Å²) in [6.45, 7) is 14.4. The normalized spacial score (nSPS) is 11.0. The predicted molar refractivity (Wildman–Crippen MR) is 519 cm³/mol. The summed E-state index contributed by atoms with van der Waals surface area (Å²) in [4.78, 5) is 0. The lowest BCUT2D eigenvalue weighted by Gasteiger charge is -2.29. The van der Waals surface area contributed by atoms with E-state index in [-0.39, 0.29) is 0 Å². The molecule has 0 saturated carbocycles. The first-order chi connectivity index (χ1) is 60.1. The van der Waals surface area contributed by atoms with Crippen molar-refractivity contribution < 1.29 is 0 Å². The lowest BCUT2D eigenvalue weighted by Crippen LogP contribution is -2.06. The molecule has 0 heteroatoms. The molecule has 0 aromatic heterocycles. The third-order valence-electron chi connectivity index (χ3n) is 24.3. The van der Waals surface area contributed by atoms with Crippen molar-refractivity contribution in [2.45, 2.75) is 41.5 Å². The largest absolute Gasteiger partial charge is 0.0622 e. The maximum atomic E-state index is 2.40. The molecular formula is C122H94. The summed E-state index contributed by atoms with van der Waals surface area (Å²) in [5.74, 6) is 0. The Morgan fingerprint density at radius 1 is 0.0984 bits per heavy atom. The number of benzene rings is 18. The van der Waals surface area contributed by atoms with Crippen LogP contribution in [0.4, 0.5) is 0 Å². The molecule has 0 nitrogen and oxygen atoms in total. The van der Waals surface area contributed by atoms with E-state index in [1.807, 2.05) is 0 Å². The van der Waals surface area contributed by atoms with Crippen molar-refractivity contribution in [1.82, 2.24) is 0 Å². The van der Waals surface area contributed by atoms with Crippen LogP contribution in [0.5, 0.6) is 0 Å². The fraction of sp³-hybridized carbons (Fsp3) is 0.0492. The SMILES string of the molecule is Cc1c(-c2ccc(C(=C(c3ccccc3)c3ccccc3)c3ccccc3)cc2)c(C)c(-c2c(C)c(-c3ccc(C(=C(c4ccccc4)c4ccccc4)c4ccccc4)cc3)c(C)c(-c3ccc(C(=C(c4ccccc4)c4ccccc4)c4ccccc4)cc3)c2C)c(C)c1-c1ccc(C(=C(c2ccccc2)c2ccccc2)c2ccccc2)cc1. The third kappa shape index (κ3) is 15.7. The second-order valence-corrected chi connectivity index (χ2v) is 31.7. The van der Waals surface area contributed by atoms with Gasteiger partial charge in [0.2, 0.25) is 0 Å². The summed E-state index contributed by atoms with van der Waals surface area (Å²) in [7, 11) is 0. The first kappa shape index (κ1) is 78.1. The summed E-state index contributed by atoms with van der Waals surface area (Å²) in [5.41, 5.74) is 47.1. The molecule has 0 heterocycles. The van der Waals surface area contributed by atoms with Gasteiger partial charge in [0.05, 0.1) is 0 Å². The standard InChI is InChI=1S/C122H94/c1-83-109(101-67-75-105(76-68-101)119(97-59-35-15-36-60-97)115(89-43-19-7-20-44-89)90-45-21-8-22-46-90)85(3)113(86(4)110(83)102-69-77-106(78-70-102)120(98-61-37-16-38-62-98)116(91-47-23-9-24-48-91)92-49-25-10-26-50-92)114-87(5)111(103-71-79-107(80-72-103)121(99-63-39-17-40-64-99)117(93-51-27-11-28-52-93)94-53-29-12-30-54-94)84(2)112(88(114)6)104-73-81-108(82-74-104)122(100-65-41-18-42-66-100)118(95-55-31-13-32-56-95)96-57-33-14-34-58-96/h7-82H,1-6H3. The molecule has 0 fully saturated rings. The van der Waals surface area contributed by atoms with Crippen molar-refractivity contribution >= 4 is 44.6 Å². The topological polar surface area (TPSA) is 0 Å². The van der Waals surface area contributed by atoms with Crippen LogP contribution in [0, 0.1) is 41.5 Å². The van der Waals surface area contributed by atoms with Gasteiger partial charge in [-0.15, -0.1) is 0 Å². The van der Waals surface area contributed by atoms with Gasteiger partial charge < -0.3 is 0 Å². The highest BCUT2D eigenvalue weighted by molar-refractivity contribution is 6.09. The highest BCUT2D eigenvalue weighted by Crippen LogP contribution is 2.52. The Kier molecular flexibility index (Phi) is 22.8. The lowest BCUT2D eigenvalue weighted by molar-refractivity contribution is 1.27. The van der Waals surface area contributed by atoms with E-state index in [0.29, 0.717) is 0 Å². The third-order valence-corrected chi connectivity index (χ3v) is 24.3. The molecule has 0 atom stereocenters. The molecule has 0 amide bonds. The molecule has 0 aliphatic heterocycles. The van der Waals surface area contributed by atoms with Crippen LogP contribution in [0.2, 0.25) is 0 Å². The van der Waals surface area contributed by atoms with Gasteiger partial charge in [-0.25, -0.2) is 0 Å². The van der Waals surface area contributed by atoms with Crippen LogP contribution >= 0.6 is 0 Å². The molecular weight excluding hydrogens is 1470 g/mol. The molecule has 0 radical (unpaired) electrons. The molecule has 0 unspecified atom stereocenters. The number of hydrogen-bond acceptors (Lipinski definition) is 0. The lowest BCUT2D eigenvalue weighted by atomic mass is 9.75. The van der Waals surface area contributed by atoms with Gasteiger partial charge in [0.15, 0.2) is 0 Å². The van der Waals surface area contributed by atoms with Gasteiger partial charge in [-0.2, -0.15) is 0 Å². The van der Waals surface area contributed by atoms with E-state index in [9.17, 15) is 0 Å². The smallest absolute Gasteiger partial charge is 0.00268 e. The van der Waals surface area contributed by atoms with E-state index in [2.05, 4.69) is 503 Å². The Bertz CT molecular complexity index is 5830. The minimum absolute atomic E-state index is 1.13. The molecule has 0 bridgehead atoms. The molecule has 122 heavy (non-hydrogen) atoms. The zero-order valence-corrected chi connectivity index (χ0v) is 69.9. The Labute approximate surface area is 720 Å². The molecule has 18 aromatic rings. The van der Waals surface area contributed by atoms with Gasteiger partial charge in [0, 0.05) is 0 Å². The summed E-state index contributed by atoms with van der Waals surface area (Å²) in [6.07, 6.45) is 0. The van der Waals surface area contributed by atoms with Crippen molar-refractivity contribution in [3.05, 3.63) is 583 Å². The van der Waals surface area contributed by atoms with Crippen LogP contribution in [0.15, 0.2) is 461 Å². The molecule has 0 saturated heterocycles. The van der Waals surface area contributed by atoms with Crippen molar-refractivity contribution in [2.24, 2.45) is 0 Å². The van der Waals surface area contributed by atoms with E-state index < -0.39 is 0 Å². The molecule has 0 aliphatic rings. The van der Waals surface area contributed by atoms with Crippen molar-refractivity contribution in [3.8, 4) is 55.6 Å². The van der Waals surface area contributed by atoms with Crippen molar-refractivity contribution in [3.63, 3.8) is 0 Å². The number of rotatable bonds is 21. The number of hydrogen-bond donors (Lipinski definition) is 0. The second-order valence-electron chi connectivity index (χ2n) is 31.7. The van der Waals surface area contributed by atoms with E-state index in [1.54, 1.807) is 0 Å². The fourth-order valence-corrected chi connectivity index (χ4v) is 19.0. The zero-order valence-electron chi connectivity index (χ0n) is 69.9. The average molecular weight is 1560 g/mol. The Balaban J connectivity index is 0.899. The minimum atomic E-state index is 1.13. The average Bonchev–Trinajstić information content (AvgIpc) is 0.720. The highest BCUT2D eigenvalue weighted by atomic mass is 14.3. The fourth-order valence-electron chi connectivity index (χ4n) is 19.0. The van der Waals surface area contributed by atoms with Crippen LogP contribution in [0.1, 0.15) is 122 Å². The van der Waals surface area contributed by atoms with Crippen molar-refractivity contribution in [2.75, 3.05) is 0 Å². The van der Waals surface area contributed by atoms with Gasteiger partial charge >= 0.3 is 0 Å². The Morgan fingerprint density at radius 3 is 0.295 bits per heavy atom. The molecule has 0 aliphatic carbocycles. The maximum Gasteiger partial charge on any atom is -0.00268 e. The quantitative estimate of drug-likeness (QED) is 0.0629. The summed E-state index contributed by atoms with van der Waals surface area (Å²) in [6, 6.07) is 169. The van der Waals surface area contributed by atoms with Gasteiger partial charge in [-0.3, -0.25) is 0 Å².